The Labute approximate surface area is 405 Å². The van der Waals surface area contributed by atoms with Crippen molar-refractivity contribution >= 4 is 62.7 Å². The highest BCUT2D eigenvalue weighted by atomic mass is 35.5. The summed E-state index contributed by atoms with van der Waals surface area (Å²) in [6.45, 7) is 12.4. The smallest absolute Gasteiger partial charge is 0.352 e. The molecule has 3 amide bonds. The summed E-state index contributed by atoms with van der Waals surface area (Å²) in [6.07, 6.45) is 3.73. The van der Waals surface area contributed by atoms with Crippen LogP contribution in [0.4, 0.5) is 10.1 Å². The van der Waals surface area contributed by atoms with E-state index in [9.17, 15) is 28.7 Å². The maximum absolute atomic E-state index is 14.0. The van der Waals surface area contributed by atoms with E-state index in [-0.39, 0.29) is 29.7 Å². The second-order valence-electron chi connectivity index (χ2n) is 19.2. The van der Waals surface area contributed by atoms with Gasteiger partial charge in [-0.3, -0.25) is 29.3 Å². The van der Waals surface area contributed by atoms with Gasteiger partial charge in [0.1, 0.15) is 23.3 Å². The number of likely N-dealkylation sites (tertiary alicyclic amines) is 1. The van der Waals surface area contributed by atoms with Gasteiger partial charge in [0.15, 0.2) is 0 Å². The zero-order valence-corrected chi connectivity index (χ0v) is 40.2. The van der Waals surface area contributed by atoms with Gasteiger partial charge in [-0.05, 0) is 130 Å². The molecule has 0 unspecified atom stereocenters. The molecular weight excluding hydrogens is 899 g/mol. The summed E-state index contributed by atoms with van der Waals surface area (Å²) in [5, 5.41) is 21.1. The third kappa shape index (κ3) is 9.07. The van der Waals surface area contributed by atoms with Crippen molar-refractivity contribution in [2.45, 2.75) is 71.5 Å². The van der Waals surface area contributed by atoms with Crippen LogP contribution in [0.5, 0.6) is 5.75 Å². The van der Waals surface area contributed by atoms with Gasteiger partial charge in [0, 0.05) is 105 Å². The number of nitrogens with zero attached hydrogens (tertiary/aromatic N) is 7. The number of piperazine rings is 1. The van der Waals surface area contributed by atoms with E-state index in [2.05, 4.69) is 26.1 Å². The number of piperidine rings is 2. The standard InChI is InChI=1S/C53H58ClFN8O6/c1-32-47(33(2)58(3)57-32)48-43(54)14-13-42-41(7-5-27-69-45-8-4-6-35-28-37(55)9-11-39(35)45)50(53(67)68)62(49(42)48)26-23-59-19-17-34(18-20-59)30-60-21-24-61(25-22-60)38-10-12-40-36(29-38)31-63(52(40)66)44-15-16-46(64)56-51(44)65/h4,6,8-14,28-29,34,44H,5,7,15-27,30-31H2,1-3H3,(H,67,68)(H,56,64,65)/t44-/m0/s1. The molecule has 6 aromatic rings. The quantitative estimate of drug-likeness (QED) is 0.0827. The Morgan fingerprint density at radius 3 is 2.42 bits per heavy atom. The first-order chi connectivity index (χ1) is 33.3. The van der Waals surface area contributed by atoms with Crippen molar-refractivity contribution in [3.8, 4) is 16.9 Å². The molecule has 10 rings (SSSR count). The molecule has 4 aliphatic rings. The molecule has 16 heteroatoms. The van der Waals surface area contributed by atoms with E-state index in [4.69, 9.17) is 21.4 Å². The van der Waals surface area contributed by atoms with Crippen LogP contribution in [-0.4, -0.2) is 123 Å². The molecule has 6 heterocycles. The number of halogens is 2. The van der Waals surface area contributed by atoms with E-state index in [0.717, 1.165) is 120 Å². The largest absolute Gasteiger partial charge is 0.493 e. The minimum absolute atomic E-state index is 0.155. The number of hydrogen-bond acceptors (Lipinski definition) is 9. The highest BCUT2D eigenvalue weighted by Gasteiger charge is 2.39. The van der Waals surface area contributed by atoms with Gasteiger partial charge in [-0.15, -0.1) is 0 Å². The van der Waals surface area contributed by atoms with Gasteiger partial charge >= 0.3 is 5.97 Å². The number of carbonyl (C=O) groups is 4. The van der Waals surface area contributed by atoms with E-state index < -0.39 is 17.9 Å². The molecule has 69 heavy (non-hydrogen) atoms. The lowest BCUT2D eigenvalue weighted by atomic mass is 9.96. The molecule has 360 valence electrons. The summed E-state index contributed by atoms with van der Waals surface area (Å²) < 4.78 is 24.0. The van der Waals surface area contributed by atoms with Crippen LogP contribution < -0.4 is 15.0 Å². The maximum Gasteiger partial charge on any atom is 0.352 e. The first-order valence-corrected chi connectivity index (χ1v) is 24.6. The number of aromatic carboxylic acids is 1. The van der Waals surface area contributed by atoms with E-state index in [1.807, 2.05) is 72.6 Å². The molecule has 4 aliphatic heterocycles. The lowest BCUT2D eigenvalue weighted by molar-refractivity contribution is -0.136. The van der Waals surface area contributed by atoms with E-state index in [1.54, 1.807) is 11.0 Å². The number of aromatic nitrogens is 3. The molecule has 2 N–H and O–H groups in total. The summed E-state index contributed by atoms with van der Waals surface area (Å²) >= 11 is 7.11. The molecule has 0 aliphatic carbocycles. The third-order valence-electron chi connectivity index (χ3n) is 15.0. The second kappa shape index (κ2) is 19.2. The van der Waals surface area contributed by atoms with Crippen LogP contribution in [0.15, 0.2) is 66.7 Å². The number of anilines is 1. The number of carboxylic acid groups (broad SMARTS) is 1. The molecule has 4 aromatic carbocycles. The van der Waals surface area contributed by atoms with Crippen LogP contribution in [0.3, 0.4) is 0 Å². The molecule has 3 saturated heterocycles. The predicted octanol–water partition coefficient (Wildman–Crippen LogP) is 7.61. The Balaban J connectivity index is 0.789. The number of imide groups is 1. The molecule has 2 aromatic heterocycles. The fraction of sp³-hybridized carbons (Fsp3) is 0.415. The fourth-order valence-corrected chi connectivity index (χ4v) is 11.6. The zero-order valence-electron chi connectivity index (χ0n) is 39.4. The highest BCUT2D eigenvalue weighted by molar-refractivity contribution is 6.35. The van der Waals surface area contributed by atoms with Crippen molar-refractivity contribution in [1.82, 2.24) is 34.4 Å². The fourth-order valence-electron chi connectivity index (χ4n) is 11.3. The maximum atomic E-state index is 14.0. The zero-order chi connectivity index (χ0) is 48.1. The van der Waals surface area contributed by atoms with Crippen molar-refractivity contribution in [1.29, 1.82) is 0 Å². The van der Waals surface area contributed by atoms with Crippen LogP contribution in [0.25, 0.3) is 32.8 Å². The van der Waals surface area contributed by atoms with Crippen LogP contribution in [0.1, 0.15) is 75.5 Å². The first-order valence-electron chi connectivity index (χ1n) is 24.2. The molecule has 1 atom stereocenters. The number of nitrogens with one attached hydrogen (secondary N) is 1. The number of fused-ring (bicyclic) bond motifs is 3. The van der Waals surface area contributed by atoms with Gasteiger partial charge in [0.05, 0.1) is 22.8 Å². The molecule has 3 fully saturated rings. The number of benzene rings is 4. The van der Waals surface area contributed by atoms with Gasteiger partial charge in [-0.1, -0.05) is 29.8 Å². The van der Waals surface area contributed by atoms with Gasteiger partial charge in [0.25, 0.3) is 5.91 Å². The minimum atomic E-state index is -0.985. The van der Waals surface area contributed by atoms with Gasteiger partial charge < -0.3 is 29.1 Å². The molecule has 0 spiro atoms. The minimum Gasteiger partial charge on any atom is -0.493 e. The summed E-state index contributed by atoms with van der Waals surface area (Å²) in [6, 6.07) is 19.4. The van der Waals surface area contributed by atoms with Crippen molar-refractivity contribution in [3.63, 3.8) is 0 Å². The Hall–Kier alpha value is -6.29. The van der Waals surface area contributed by atoms with E-state index in [1.165, 1.54) is 12.1 Å². The van der Waals surface area contributed by atoms with Crippen LogP contribution in [0.2, 0.25) is 5.02 Å². The first kappa shape index (κ1) is 46.4. The lowest BCUT2D eigenvalue weighted by Crippen LogP contribution is -2.52. The monoisotopic (exact) mass is 956 g/mol. The molecule has 0 bridgehead atoms. The van der Waals surface area contributed by atoms with Crippen LogP contribution in [-0.2, 0) is 36.1 Å². The number of carbonyl (C=O) groups excluding carboxylic acids is 3. The topological polar surface area (TPSA) is 145 Å². The van der Waals surface area contributed by atoms with Crippen molar-refractivity contribution in [2.75, 3.05) is 63.9 Å². The predicted molar refractivity (Wildman–Crippen MR) is 264 cm³/mol. The van der Waals surface area contributed by atoms with E-state index in [0.29, 0.717) is 67.8 Å². The third-order valence-corrected chi connectivity index (χ3v) is 15.3. The van der Waals surface area contributed by atoms with Crippen LogP contribution >= 0.6 is 11.6 Å². The van der Waals surface area contributed by atoms with E-state index >= 15 is 0 Å². The average molecular weight is 958 g/mol. The Morgan fingerprint density at radius 2 is 1.68 bits per heavy atom. The number of rotatable bonds is 14. The number of ether oxygens (including phenoxy) is 1. The van der Waals surface area contributed by atoms with Crippen molar-refractivity contribution in [3.05, 3.63) is 111 Å². The lowest BCUT2D eigenvalue weighted by Gasteiger charge is -2.39. The Kier molecular flexibility index (Phi) is 13.0. The molecule has 0 radical (unpaired) electrons. The number of hydrogen-bond donors (Lipinski definition) is 2. The summed E-state index contributed by atoms with van der Waals surface area (Å²) in [4.78, 5) is 59.9. The van der Waals surface area contributed by atoms with Crippen molar-refractivity contribution < 1.29 is 33.4 Å². The summed E-state index contributed by atoms with van der Waals surface area (Å²) in [7, 11) is 1.91. The summed E-state index contributed by atoms with van der Waals surface area (Å²) in [5.74, 6) is -0.917. The molecular formula is C53H58ClFN8O6. The average Bonchev–Trinajstić information content (AvgIpc) is 3.93. The molecule has 0 saturated carbocycles. The molecule has 14 nitrogen and oxygen atoms in total. The second-order valence-corrected chi connectivity index (χ2v) is 19.6. The number of aryl methyl sites for hydroxylation is 3. The van der Waals surface area contributed by atoms with Gasteiger partial charge in [-0.25, -0.2) is 9.18 Å². The highest BCUT2D eigenvalue weighted by Crippen LogP contribution is 2.42. The van der Waals surface area contributed by atoms with Crippen molar-refractivity contribution in [2.24, 2.45) is 13.0 Å². The normalized spacial score (nSPS) is 18.4. The van der Waals surface area contributed by atoms with Gasteiger partial charge in [0.2, 0.25) is 11.8 Å². The summed E-state index contributed by atoms with van der Waals surface area (Å²) in [5.41, 5.74) is 7.93. The Morgan fingerprint density at radius 1 is 0.899 bits per heavy atom. The number of carboxylic acids is 1. The van der Waals surface area contributed by atoms with Crippen LogP contribution in [0, 0.1) is 25.6 Å². The SMILES string of the molecule is Cc1nn(C)c(C)c1-c1c(Cl)ccc2c(CCCOc3cccc4cc(F)ccc34)c(C(=O)O)n(CCN3CCC(CN4CCN(c5ccc6c(c5)CN([C@H]5CCC(=O)NC5=O)C6=O)CC4)CC3)c12. The van der Waals surface area contributed by atoms with Gasteiger partial charge in [-0.2, -0.15) is 5.10 Å². The number of amides is 3. The Bertz CT molecular complexity index is 3010.